The summed E-state index contributed by atoms with van der Waals surface area (Å²) < 4.78 is 15.3. The van der Waals surface area contributed by atoms with E-state index >= 15 is 0 Å². The maximum atomic E-state index is 11.8. The summed E-state index contributed by atoms with van der Waals surface area (Å²) in [6.45, 7) is 4.76. The molecule has 0 spiro atoms. The van der Waals surface area contributed by atoms with E-state index in [0.717, 1.165) is 0 Å². The highest BCUT2D eigenvalue weighted by Crippen LogP contribution is 2.38. The molecule has 0 aliphatic carbocycles. The molecule has 0 bridgehead atoms. The van der Waals surface area contributed by atoms with E-state index in [1.165, 1.54) is 19.1 Å². The van der Waals surface area contributed by atoms with Gasteiger partial charge in [-0.05, 0) is 26.0 Å². The van der Waals surface area contributed by atoms with Crippen molar-refractivity contribution in [1.82, 2.24) is 0 Å². The van der Waals surface area contributed by atoms with E-state index < -0.39 is 11.9 Å². The lowest BCUT2D eigenvalue weighted by molar-refractivity contribution is -0.131. The molecule has 0 fully saturated rings. The first kappa shape index (κ1) is 13.9. The number of aryl methyl sites for hydroxylation is 1. The van der Waals surface area contributed by atoms with Gasteiger partial charge < -0.3 is 19.0 Å². The topological polar surface area (TPSA) is 86.0 Å². The lowest BCUT2D eigenvalue weighted by Gasteiger charge is -2.02. The van der Waals surface area contributed by atoms with Crippen LogP contribution < -0.4 is 4.74 Å². The molecule has 0 radical (unpaired) electrons. The highest BCUT2D eigenvalue weighted by Gasteiger charge is 2.23. The number of hydrogen-bond donors (Lipinski definition) is 1. The van der Waals surface area contributed by atoms with Crippen LogP contribution in [0.25, 0.3) is 11.0 Å². The predicted octanol–water partition coefficient (Wildman–Crippen LogP) is 2.55. The monoisotopic (exact) mass is 278 g/mol. The van der Waals surface area contributed by atoms with Gasteiger partial charge in [0.05, 0.1) is 12.0 Å². The molecule has 0 unspecified atom stereocenters. The van der Waals surface area contributed by atoms with Gasteiger partial charge in [-0.25, -0.2) is 4.79 Å². The number of fused-ring (bicyclic) bond motifs is 1. The Morgan fingerprint density at radius 1 is 1.35 bits per heavy atom. The van der Waals surface area contributed by atoms with E-state index in [9.17, 15) is 14.7 Å². The zero-order valence-corrected chi connectivity index (χ0v) is 11.4. The van der Waals surface area contributed by atoms with Gasteiger partial charge in [0.1, 0.15) is 5.75 Å². The maximum Gasteiger partial charge on any atom is 0.374 e. The molecular formula is C14H14O6. The Labute approximate surface area is 114 Å². The SMILES string of the molecule is CCOC(=O)c1oc2c(OC(C)=O)ccc(O)c2c1C. The number of esters is 2. The minimum absolute atomic E-state index is 0.0169. The Morgan fingerprint density at radius 2 is 2.05 bits per heavy atom. The lowest BCUT2D eigenvalue weighted by atomic mass is 10.1. The zero-order chi connectivity index (χ0) is 14.9. The summed E-state index contributed by atoms with van der Waals surface area (Å²) in [4.78, 5) is 22.8. The number of ether oxygens (including phenoxy) is 2. The van der Waals surface area contributed by atoms with Crippen molar-refractivity contribution < 1.29 is 28.6 Å². The molecule has 106 valence electrons. The number of hydrogen-bond acceptors (Lipinski definition) is 6. The van der Waals surface area contributed by atoms with Crippen LogP contribution in [0, 0.1) is 6.92 Å². The van der Waals surface area contributed by atoms with Crippen LogP contribution in [0.3, 0.4) is 0 Å². The maximum absolute atomic E-state index is 11.8. The molecule has 0 saturated carbocycles. The number of aromatic hydroxyl groups is 1. The van der Waals surface area contributed by atoms with Crippen molar-refractivity contribution in [1.29, 1.82) is 0 Å². The summed E-state index contributed by atoms with van der Waals surface area (Å²) in [6, 6.07) is 2.77. The van der Waals surface area contributed by atoms with Crippen LogP contribution in [0.2, 0.25) is 0 Å². The predicted molar refractivity (Wildman–Crippen MR) is 69.9 cm³/mol. The first-order valence-corrected chi connectivity index (χ1v) is 6.06. The normalized spacial score (nSPS) is 10.6. The van der Waals surface area contributed by atoms with Crippen LogP contribution in [0.5, 0.6) is 11.5 Å². The lowest BCUT2D eigenvalue weighted by Crippen LogP contribution is -2.04. The fourth-order valence-corrected chi connectivity index (χ4v) is 1.94. The Morgan fingerprint density at radius 3 is 2.65 bits per heavy atom. The average molecular weight is 278 g/mol. The third kappa shape index (κ3) is 2.32. The molecule has 2 aromatic rings. The van der Waals surface area contributed by atoms with Crippen LogP contribution in [-0.4, -0.2) is 23.7 Å². The van der Waals surface area contributed by atoms with Gasteiger partial charge in [-0.3, -0.25) is 4.79 Å². The molecule has 0 amide bonds. The molecule has 1 aromatic heterocycles. The molecule has 0 saturated heterocycles. The number of carbonyl (C=O) groups excluding carboxylic acids is 2. The van der Waals surface area contributed by atoms with Crippen molar-refractivity contribution in [2.75, 3.05) is 6.61 Å². The van der Waals surface area contributed by atoms with E-state index in [2.05, 4.69) is 0 Å². The Balaban J connectivity index is 2.65. The summed E-state index contributed by atoms with van der Waals surface area (Å²) in [6.07, 6.45) is 0. The van der Waals surface area contributed by atoms with Crippen LogP contribution in [0.4, 0.5) is 0 Å². The van der Waals surface area contributed by atoms with Crippen molar-refractivity contribution >= 4 is 22.9 Å². The fourth-order valence-electron chi connectivity index (χ4n) is 1.94. The van der Waals surface area contributed by atoms with Crippen LogP contribution >= 0.6 is 0 Å². The average Bonchev–Trinajstić information content (AvgIpc) is 2.72. The van der Waals surface area contributed by atoms with Crippen LogP contribution in [0.1, 0.15) is 30.0 Å². The van der Waals surface area contributed by atoms with Gasteiger partial charge in [-0.15, -0.1) is 0 Å². The third-order valence-corrected chi connectivity index (χ3v) is 2.73. The van der Waals surface area contributed by atoms with Crippen molar-refractivity contribution in [3.8, 4) is 11.5 Å². The molecule has 1 heterocycles. The standard InChI is InChI=1S/C14H14O6/c1-4-18-14(17)12-7(2)11-9(16)5-6-10(13(11)20-12)19-8(3)15/h5-6,16H,4H2,1-3H3. The minimum atomic E-state index is -0.630. The molecule has 2 rings (SSSR count). The molecule has 20 heavy (non-hydrogen) atoms. The number of carbonyl (C=O) groups is 2. The summed E-state index contributed by atoms with van der Waals surface area (Å²) in [5, 5.41) is 10.2. The summed E-state index contributed by atoms with van der Waals surface area (Å²) >= 11 is 0. The smallest absolute Gasteiger partial charge is 0.374 e. The van der Waals surface area contributed by atoms with Crippen molar-refractivity contribution in [2.45, 2.75) is 20.8 Å². The van der Waals surface area contributed by atoms with Gasteiger partial charge in [-0.2, -0.15) is 0 Å². The van der Waals surface area contributed by atoms with Gasteiger partial charge in [0.2, 0.25) is 5.76 Å². The number of phenols is 1. The van der Waals surface area contributed by atoms with Crippen molar-refractivity contribution in [3.05, 3.63) is 23.5 Å². The van der Waals surface area contributed by atoms with E-state index in [1.54, 1.807) is 13.8 Å². The summed E-state index contributed by atoms with van der Waals surface area (Å²) in [5.41, 5.74) is 0.575. The largest absolute Gasteiger partial charge is 0.507 e. The number of phenolic OH excluding ortho intramolecular Hbond substituents is 1. The highest BCUT2D eigenvalue weighted by molar-refractivity contribution is 6.00. The van der Waals surface area contributed by atoms with E-state index in [4.69, 9.17) is 13.9 Å². The molecule has 1 N–H and O–H groups in total. The number of rotatable bonds is 3. The van der Waals surface area contributed by atoms with Gasteiger partial charge in [0.25, 0.3) is 0 Å². The second-order valence-electron chi connectivity index (χ2n) is 4.16. The number of benzene rings is 1. The fraction of sp³-hybridized carbons (Fsp3) is 0.286. The summed E-state index contributed by atoms with van der Waals surface area (Å²) in [5.74, 6) is -1.09. The van der Waals surface area contributed by atoms with Crippen LogP contribution in [-0.2, 0) is 9.53 Å². The second-order valence-corrected chi connectivity index (χ2v) is 4.16. The molecule has 0 aliphatic heterocycles. The van der Waals surface area contributed by atoms with E-state index in [-0.39, 0.29) is 29.4 Å². The van der Waals surface area contributed by atoms with Gasteiger partial charge in [0, 0.05) is 12.5 Å². The van der Waals surface area contributed by atoms with Gasteiger partial charge in [-0.1, -0.05) is 0 Å². The quantitative estimate of drug-likeness (QED) is 0.686. The Hall–Kier alpha value is -2.50. The minimum Gasteiger partial charge on any atom is -0.507 e. The van der Waals surface area contributed by atoms with Crippen LogP contribution in [0.15, 0.2) is 16.5 Å². The zero-order valence-electron chi connectivity index (χ0n) is 11.4. The molecule has 0 atom stereocenters. The third-order valence-electron chi connectivity index (χ3n) is 2.73. The molecule has 6 heteroatoms. The molecular weight excluding hydrogens is 264 g/mol. The van der Waals surface area contributed by atoms with E-state index in [1.807, 2.05) is 0 Å². The Kier molecular flexibility index (Phi) is 3.65. The van der Waals surface area contributed by atoms with E-state index in [0.29, 0.717) is 10.9 Å². The number of furan rings is 1. The molecule has 1 aromatic carbocycles. The molecule has 0 aliphatic rings. The Bertz CT molecular complexity index is 683. The highest BCUT2D eigenvalue weighted by atomic mass is 16.6. The summed E-state index contributed by atoms with van der Waals surface area (Å²) in [7, 11) is 0. The second kappa shape index (κ2) is 5.24. The molecule has 6 nitrogen and oxygen atoms in total. The first-order chi connectivity index (χ1) is 9.45. The van der Waals surface area contributed by atoms with Crippen molar-refractivity contribution in [2.24, 2.45) is 0 Å². The van der Waals surface area contributed by atoms with Gasteiger partial charge in [0.15, 0.2) is 11.3 Å². The van der Waals surface area contributed by atoms with Crippen molar-refractivity contribution in [3.63, 3.8) is 0 Å². The first-order valence-electron chi connectivity index (χ1n) is 6.06. The van der Waals surface area contributed by atoms with Gasteiger partial charge >= 0.3 is 11.9 Å².